The lowest BCUT2D eigenvalue weighted by molar-refractivity contribution is 0.283. The minimum absolute atomic E-state index is 0.0237. The van der Waals surface area contributed by atoms with E-state index < -0.39 is 10.0 Å². The van der Waals surface area contributed by atoms with Gasteiger partial charge in [-0.3, -0.25) is 4.98 Å². The van der Waals surface area contributed by atoms with Crippen molar-refractivity contribution >= 4 is 10.0 Å². The van der Waals surface area contributed by atoms with Gasteiger partial charge in [-0.15, -0.1) is 0 Å². The highest BCUT2D eigenvalue weighted by molar-refractivity contribution is 7.88. The monoisotopic (exact) mass is 255 g/mol. The molecule has 1 atom stereocenters. The second-order valence-electron chi connectivity index (χ2n) is 4.28. The average molecular weight is 255 g/mol. The van der Waals surface area contributed by atoms with E-state index >= 15 is 0 Å². The van der Waals surface area contributed by atoms with Crippen LogP contribution in [0.2, 0.25) is 0 Å². The van der Waals surface area contributed by atoms with Crippen LogP contribution in [0, 0.1) is 0 Å². The third kappa shape index (κ3) is 3.02. The Bertz CT molecular complexity index is 461. The smallest absolute Gasteiger partial charge is 0.218 e. The first-order valence-corrected chi connectivity index (χ1v) is 7.29. The zero-order chi connectivity index (χ0) is 12.3. The lowest BCUT2D eigenvalue weighted by Crippen LogP contribution is -2.52. The van der Waals surface area contributed by atoms with Crippen molar-refractivity contribution in [2.45, 2.75) is 18.7 Å². The summed E-state index contributed by atoms with van der Waals surface area (Å²) in [5, 5.41) is 3.18. The number of hydrogen-bond acceptors (Lipinski definition) is 4. The fourth-order valence-corrected chi connectivity index (χ4v) is 3.78. The number of nitrogens with one attached hydrogen (secondary N) is 1. The Hall–Kier alpha value is -0.980. The van der Waals surface area contributed by atoms with Gasteiger partial charge in [-0.2, -0.15) is 4.31 Å². The van der Waals surface area contributed by atoms with Gasteiger partial charge in [0.2, 0.25) is 10.0 Å². The van der Waals surface area contributed by atoms with E-state index in [2.05, 4.69) is 10.3 Å². The summed E-state index contributed by atoms with van der Waals surface area (Å²) in [5.74, 6) is 0.0554. The average Bonchev–Trinajstić information content (AvgIpc) is 2.30. The van der Waals surface area contributed by atoms with Crippen molar-refractivity contribution in [3.63, 3.8) is 0 Å². The molecule has 1 aliphatic heterocycles. The van der Waals surface area contributed by atoms with Crippen LogP contribution < -0.4 is 5.32 Å². The normalized spacial score (nSPS) is 22.5. The molecule has 0 aliphatic carbocycles. The van der Waals surface area contributed by atoms with Crippen LogP contribution in [0.25, 0.3) is 0 Å². The van der Waals surface area contributed by atoms with Gasteiger partial charge in [-0.1, -0.05) is 0 Å². The fraction of sp³-hybridized carbons (Fsp3) is 0.545. The Labute approximate surface area is 102 Å². The van der Waals surface area contributed by atoms with E-state index in [-0.39, 0.29) is 11.8 Å². The van der Waals surface area contributed by atoms with Crippen molar-refractivity contribution < 1.29 is 8.42 Å². The highest BCUT2D eigenvalue weighted by atomic mass is 32.2. The molecule has 1 aliphatic rings. The third-order valence-corrected chi connectivity index (χ3v) is 4.85. The van der Waals surface area contributed by atoms with Gasteiger partial charge in [0.1, 0.15) is 0 Å². The minimum atomic E-state index is -3.22. The number of piperazine rings is 1. The van der Waals surface area contributed by atoms with E-state index in [4.69, 9.17) is 0 Å². The highest BCUT2D eigenvalue weighted by Crippen LogP contribution is 2.14. The molecule has 0 bridgehead atoms. The lowest BCUT2D eigenvalue weighted by Gasteiger charge is -2.32. The maximum atomic E-state index is 12.2. The molecule has 5 nitrogen and oxygen atoms in total. The number of hydrogen-bond donors (Lipinski definition) is 1. The predicted molar refractivity (Wildman–Crippen MR) is 65.9 cm³/mol. The predicted octanol–water partition coefficient (Wildman–Crippen LogP) is 0.205. The molecule has 1 aromatic rings. The van der Waals surface area contributed by atoms with E-state index in [1.165, 1.54) is 0 Å². The third-order valence-electron chi connectivity index (χ3n) is 2.90. The number of aromatic nitrogens is 1. The minimum Gasteiger partial charge on any atom is -0.314 e. The molecule has 94 valence electrons. The quantitative estimate of drug-likeness (QED) is 0.838. The summed E-state index contributed by atoms with van der Waals surface area (Å²) in [7, 11) is -3.22. The highest BCUT2D eigenvalue weighted by Gasteiger charge is 2.29. The summed E-state index contributed by atoms with van der Waals surface area (Å²) in [6, 6.07) is 3.50. The molecule has 2 rings (SSSR count). The number of nitrogens with zero attached hydrogens (tertiary/aromatic N) is 2. The molecule has 0 spiro atoms. The second-order valence-corrected chi connectivity index (χ2v) is 6.20. The number of sulfonamides is 1. The summed E-state index contributed by atoms with van der Waals surface area (Å²) in [4.78, 5) is 3.88. The van der Waals surface area contributed by atoms with Crippen molar-refractivity contribution in [2.24, 2.45) is 0 Å². The van der Waals surface area contributed by atoms with Crippen LogP contribution in [0.3, 0.4) is 0 Å². The van der Waals surface area contributed by atoms with Crippen molar-refractivity contribution in [3.05, 3.63) is 30.1 Å². The number of pyridine rings is 1. The maximum absolute atomic E-state index is 12.2. The Kier molecular flexibility index (Phi) is 3.76. The molecule has 2 heterocycles. The maximum Gasteiger partial charge on any atom is 0.218 e. The molecule has 6 heteroatoms. The Balaban J connectivity index is 2.13. The lowest BCUT2D eigenvalue weighted by atomic mass is 10.3. The molecular weight excluding hydrogens is 238 g/mol. The van der Waals surface area contributed by atoms with E-state index in [1.54, 1.807) is 28.8 Å². The standard InChI is InChI=1S/C11H17N3O2S/c1-10-8-13-6-7-14(10)17(15,16)9-11-2-4-12-5-3-11/h2-5,10,13H,6-9H2,1H3/t10-/m1/s1. The van der Waals surface area contributed by atoms with Crippen LogP contribution in [0.5, 0.6) is 0 Å². The van der Waals surface area contributed by atoms with Gasteiger partial charge < -0.3 is 5.32 Å². The summed E-state index contributed by atoms with van der Waals surface area (Å²) in [5.41, 5.74) is 0.783. The molecule has 1 saturated heterocycles. The van der Waals surface area contributed by atoms with Crippen molar-refractivity contribution in [1.29, 1.82) is 0 Å². The molecule has 1 aromatic heterocycles. The van der Waals surface area contributed by atoms with Crippen LogP contribution in [-0.4, -0.2) is 43.4 Å². The Morgan fingerprint density at radius 1 is 1.47 bits per heavy atom. The zero-order valence-corrected chi connectivity index (χ0v) is 10.7. The van der Waals surface area contributed by atoms with Crippen molar-refractivity contribution in [1.82, 2.24) is 14.6 Å². The molecule has 1 fully saturated rings. The summed E-state index contributed by atoms with van der Waals surface area (Å²) in [6.07, 6.45) is 3.23. The first kappa shape index (κ1) is 12.5. The van der Waals surface area contributed by atoms with Crippen LogP contribution in [-0.2, 0) is 15.8 Å². The Morgan fingerprint density at radius 2 is 2.18 bits per heavy atom. The van der Waals surface area contributed by atoms with Crippen LogP contribution >= 0.6 is 0 Å². The largest absolute Gasteiger partial charge is 0.314 e. The molecule has 0 radical (unpaired) electrons. The molecule has 17 heavy (non-hydrogen) atoms. The van der Waals surface area contributed by atoms with E-state index in [0.29, 0.717) is 6.54 Å². The second kappa shape index (κ2) is 5.12. The first-order chi connectivity index (χ1) is 8.09. The van der Waals surface area contributed by atoms with Gasteiger partial charge in [-0.05, 0) is 24.6 Å². The van der Waals surface area contributed by atoms with Gasteiger partial charge in [0.15, 0.2) is 0 Å². The van der Waals surface area contributed by atoms with Crippen LogP contribution in [0.15, 0.2) is 24.5 Å². The van der Waals surface area contributed by atoms with Crippen molar-refractivity contribution in [2.75, 3.05) is 19.6 Å². The van der Waals surface area contributed by atoms with E-state index in [1.807, 2.05) is 6.92 Å². The van der Waals surface area contributed by atoms with Gasteiger partial charge in [0.05, 0.1) is 5.75 Å². The van der Waals surface area contributed by atoms with Crippen molar-refractivity contribution in [3.8, 4) is 0 Å². The first-order valence-electron chi connectivity index (χ1n) is 5.69. The van der Waals surface area contributed by atoms with Crippen LogP contribution in [0.1, 0.15) is 12.5 Å². The van der Waals surface area contributed by atoms with Gasteiger partial charge >= 0.3 is 0 Å². The molecule has 0 saturated carbocycles. The van der Waals surface area contributed by atoms with E-state index in [0.717, 1.165) is 18.7 Å². The van der Waals surface area contributed by atoms with Gasteiger partial charge in [-0.25, -0.2) is 8.42 Å². The molecule has 0 unspecified atom stereocenters. The summed E-state index contributed by atoms with van der Waals surface area (Å²) < 4.78 is 26.1. The van der Waals surface area contributed by atoms with Crippen LogP contribution in [0.4, 0.5) is 0 Å². The van der Waals surface area contributed by atoms with Gasteiger partial charge in [0, 0.05) is 38.1 Å². The summed E-state index contributed by atoms with van der Waals surface area (Å²) in [6.45, 7) is 3.92. The molecular formula is C11H17N3O2S. The fourth-order valence-electron chi connectivity index (χ4n) is 2.01. The van der Waals surface area contributed by atoms with E-state index in [9.17, 15) is 8.42 Å². The molecule has 0 amide bonds. The summed E-state index contributed by atoms with van der Waals surface area (Å²) >= 11 is 0. The number of rotatable bonds is 3. The van der Waals surface area contributed by atoms with Gasteiger partial charge in [0.25, 0.3) is 0 Å². The molecule has 0 aromatic carbocycles. The SMILES string of the molecule is C[C@@H]1CNCCN1S(=O)(=O)Cc1ccncc1. The Morgan fingerprint density at radius 3 is 2.82 bits per heavy atom. The molecule has 1 N–H and O–H groups in total. The zero-order valence-electron chi connectivity index (χ0n) is 9.83. The topological polar surface area (TPSA) is 62.3 Å².